The average Bonchev–Trinajstić information content (AvgIpc) is 3.45. The molecule has 0 bridgehead atoms. The highest BCUT2D eigenvalue weighted by Gasteiger charge is 2.58. The molecule has 3 heterocycles. The predicted octanol–water partition coefficient (Wildman–Crippen LogP) is 7.52. The molecule has 2 aromatic carbocycles. The third-order valence-electron chi connectivity index (χ3n) is 9.66. The fraction of sp³-hybridized carbons (Fsp3) is 0.382. The van der Waals surface area contributed by atoms with Gasteiger partial charge >= 0.3 is 0 Å². The van der Waals surface area contributed by atoms with Gasteiger partial charge in [0.05, 0.1) is 35.8 Å². The van der Waals surface area contributed by atoms with E-state index in [1.807, 2.05) is 43.3 Å². The molecule has 4 aromatic rings. The van der Waals surface area contributed by atoms with E-state index in [-0.39, 0.29) is 17.2 Å². The van der Waals surface area contributed by atoms with Gasteiger partial charge in [-0.2, -0.15) is 0 Å². The molecule has 0 N–H and O–H groups in total. The zero-order valence-corrected chi connectivity index (χ0v) is 23.3. The molecule has 40 heavy (non-hydrogen) atoms. The third kappa shape index (κ3) is 3.76. The Hall–Kier alpha value is -3.48. The lowest BCUT2D eigenvalue weighted by Crippen LogP contribution is -2.55. The van der Waals surface area contributed by atoms with Crippen LogP contribution >= 0.6 is 0 Å². The summed E-state index contributed by atoms with van der Waals surface area (Å²) in [5.41, 5.74) is 6.50. The van der Waals surface area contributed by atoms with Crippen molar-refractivity contribution in [2.75, 3.05) is 13.2 Å². The second-order valence-corrected chi connectivity index (χ2v) is 11.9. The van der Waals surface area contributed by atoms with Crippen LogP contribution in [0.4, 0.5) is 4.39 Å². The molecular weight excluding hydrogens is 501 g/mol. The molecular formula is C34H34FN3O2. The van der Waals surface area contributed by atoms with Crippen LogP contribution in [0.3, 0.4) is 0 Å². The van der Waals surface area contributed by atoms with Crippen molar-refractivity contribution in [2.24, 2.45) is 11.8 Å². The number of hydrogen-bond donors (Lipinski definition) is 0. The van der Waals surface area contributed by atoms with Crippen LogP contribution in [0.25, 0.3) is 39.1 Å². The number of ether oxygens (including phenoxy) is 2. The minimum absolute atomic E-state index is 0.217. The van der Waals surface area contributed by atoms with Gasteiger partial charge in [-0.3, -0.25) is 0 Å². The number of rotatable bonds is 3. The molecule has 1 saturated heterocycles. The maximum atomic E-state index is 15.4. The standard InChI is InChI=1S/C34H34FN3O2/c1-20(2)29-19-25(22-9-6-8-12-28(22)36-29)32-37-30(23-10-5-7-11-27(23)35)24-13-14-26-21(3)34(39-17-18-40-34)16-15-33(26,4)31(24)38-32/h5-12,19,21,26H,1,13-18H2,2-4H3/t21-,26-,33-/m1/s1. The van der Waals surface area contributed by atoms with Gasteiger partial charge in [-0.05, 0) is 61.9 Å². The summed E-state index contributed by atoms with van der Waals surface area (Å²) in [5.74, 6) is 0.356. The quantitative estimate of drug-likeness (QED) is 0.272. The summed E-state index contributed by atoms with van der Waals surface area (Å²) >= 11 is 0. The van der Waals surface area contributed by atoms with Crippen LogP contribution in [0.2, 0.25) is 0 Å². The van der Waals surface area contributed by atoms with Crippen molar-refractivity contribution in [3.05, 3.63) is 83.9 Å². The van der Waals surface area contributed by atoms with Gasteiger partial charge in [0.25, 0.3) is 0 Å². The van der Waals surface area contributed by atoms with E-state index >= 15 is 4.39 Å². The Labute approximate surface area is 234 Å². The van der Waals surface area contributed by atoms with Crippen LogP contribution in [0.15, 0.2) is 61.2 Å². The van der Waals surface area contributed by atoms with Gasteiger partial charge in [0.2, 0.25) is 0 Å². The third-order valence-corrected chi connectivity index (χ3v) is 9.66. The largest absolute Gasteiger partial charge is 0.347 e. The second kappa shape index (κ2) is 9.28. The topological polar surface area (TPSA) is 57.1 Å². The molecule has 0 radical (unpaired) electrons. The normalized spacial score (nSPS) is 25.1. The molecule has 7 rings (SSSR count). The lowest BCUT2D eigenvalue weighted by molar-refractivity contribution is -0.234. The predicted molar refractivity (Wildman–Crippen MR) is 155 cm³/mol. The van der Waals surface area contributed by atoms with Crippen LogP contribution < -0.4 is 0 Å². The molecule has 1 spiro atoms. The van der Waals surface area contributed by atoms with Gasteiger partial charge in [0, 0.05) is 39.8 Å². The van der Waals surface area contributed by atoms with E-state index in [1.165, 1.54) is 6.07 Å². The molecule has 1 aliphatic heterocycles. The van der Waals surface area contributed by atoms with Crippen molar-refractivity contribution in [3.8, 4) is 22.6 Å². The molecule has 2 aliphatic carbocycles. The summed E-state index contributed by atoms with van der Waals surface area (Å²) in [6.45, 7) is 12.0. The van der Waals surface area contributed by atoms with Gasteiger partial charge in [-0.1, -0.05) is 50.8 Å². The Bertz CT molecular complexity index is 1660. The first-order valence-electron chi connectivity index (χ1n) is 14.3. The smallest absolute Gasteiger partial charge is 0.171 e. The molecule has 6 heteroatoms. The van der Waals surface area contributed by atoms with Crippen LogP contribution in [0, 0.1) is 17.7 Å². The van der Waals surface area contributed by atoms with Crippen LogP contribution in [-0.4, -0.2) is 34.0 Å². The molecule has 3 aliphatic rings. The Kier molecular flexibility index (Phi) is 5.92. The van der Waals surface area contributed by atoms with E-state index < -0.39 is 5.79 Å². The summed E-state index contributed by atoms with van der Waals surface area (Å²) in [6, 6.07) is 17.0. The fourth-order valence-corrected chi connectivity index (χ4v) is 7.51. The number of halogens is 1. The number of para-hydroxylation sites is 1. The fourth-order valence-electron chi connectivity index (χ4n) is 7.51. The monoisotopic (exact) mass is 535 g/mol. The SMILES string of the molecule is C=C(C)c1cc(-c2nc(-c3ccccc3F)c3c(n2)[C@]2(C)CCC4(OCCO4)[C@H](C)[C@H]2CC3)c2ccccc2n1. The molecule has 3 atom stereocenters. The minimum Gasteiger partial charge on any atom is -0.347 e. The number of nitrogens with zero attached hydrogens (tertiary/aromatic N) is 3. The molecule has 5 nitrogen and oxygen atoms in total. The molecule has 0 amide bonds. The summed E-state index contributed by atoms with van der Waals surface area (Å²) in [4.78, 5) is 15.4. The maximum absolute atomic E-state index is 15.4. The summed E-state index contributed by atoms with van der Waals surface area (Å²) in [7, 11) is 0. The van der Waals surface area contributed by atoms with Crippen molar-refractivity contribution < 1.29 is 13.9 Å². The molecule has 1 saturated carbocycles. The number of pyridine rings is 1. The molecule has 0 unspecified atom stereocenters. The van der Waals surface area contributed by atoms with Crippen LogP contribution in [0.5, 0.6) is 0 Å². The Morgan fingerprint density at radius 1 is 0.975 bits per heavy atom. The Morgan fingerprint density at radius 3 is 2.50 bits per heavy atom. The number of hydrogen-bond acceptors (Lipinski definition) is 5. The lowest BCUT2D eigenvalue weighted by atomic mass is 9.54. The lowest BCUT2D eigenvalue weighted by Gasteiger charge is -2.54. The zero-order chi connectivity index (χ0) is 27.6. The van der Waals surface area contributed by atoms with Gasteiger partial charge in [0.15, 0.2) is 11.6 Å². The van der Waals surface area contributed by atoms with E-state index in [9.17, 15) is 0 Å². The minimum atomic E-state index is -0.510. The van der Waals surface area contributed by atoms with Gasteiger partial charge in [-0.25, -0.2) is 19.3 Å². The number of fused-ring (bicyclic) bond motifs is 4. The summed E-state index contributed by atoms with van der Waals surface area (Å²) in [5, 5.41) is 0.966. The first-order chi connectivity index (χ1) is 19.3. The molecule has 2 fully saturated rings. The molecule has 2 aromatic heterocycles. The van der Waals surface area contributed by atoms with E-state index in [2.05, 4.69) is 26.5 Å². The summed E-state index contributed by atoms with van der Waals surface area (Å²) in [6.07, 6.45) is 3.44. The highest BCUT2D eigenvalue weighted by atomic mass is 19.1. The maximum Gasteiger partial charge on any atom is 0.171 e. The van der Waals surface area contributed by atoms with E-state index in [0.717, 1.165) is 64.7 Å². The van der Waals surface area contributed by atoms with Crippen molar-refractivity contribution in [1.29, 1.82) is 0 Å². The number of allylic oxidation sites excluding steroid dienone is 1. The van der Waals surface area contributed by atoms with Crippen molar-refractivity contribution in [2.45, 2.75) is 57.7 Å². The average molecular weight is 536 g/mol. The van der Waals surface area contributed by atoms with Crippen LogP contribution in [-0.2, 0) is 21.3 Å². The van der Waals surface area contributed by atoms with E-state index in [0.29, 0.717) is 36.2 Å². The second-order valence-electron chi connectivity index (χ2n) is 11.9. The Balaban J connectivity index is 1.49. The van der Waals surface area contributed by atoms with E-state index in [1.54, 1.807) is 6.07 Å². The first-order valence-corrected chi connectivity index (χ1v) is 14.3. The highest BCUT2D eigenvalue weighted by Crippen LogP contribution is 2.57. The van der Waals surface area contributed by atoms with Crippen molar-refractivity contribution in [3.63, 3.8) is 0 Å². The van der Waals surface area contributed by atoms with Gasteiger partial charge in [-0.15, -0.1) is 0 Å². The molecule has 204 valence electrons. The first kappa shape index (κ1) is 25.5. The number of benzene rings is 2. The highest BCUT2D eigenvalue weighted by molar-refractivity contribution is 5.94. The van der Waals surface area contributed by atoms with Crippen molar-refractivity contribution in [1.82, 2.24) is 15.0 Å². The van der Waals surface area contributed by atoms with Crippen LogP contribution in [0.1, 0.15) is 57.0 Å². The summed E-state index contributed by atoms with van der Waals surface area (Å²) < 4.78 is 27.9. The van der Waals surface area contributed by atoms with Gasteiger partial charge in [0.1, 0.15) is 5.82 Å². The van der Waals surface area contributed by atoms with Crippen molar-refractivity contribution >= 4 is 16.5 Å². The van der Waals surface area contributed by atoms with E-state index in [4.69, 9.17) is 24.4 Å². The number of aromatic nitrogens is 3. The zero-order valence-electron chi connectivity index (χ0n) is 23.3. The van der Waals surface area contributed by atoms with Gasteiger partial charge < -0.3 is 9.47 Å². The Morgan fingerprint density at radius 2 is 1.73 bits per heavy atom.